The van der Waals surface area contributed by atoms with E-state index < -0.39 is 5.97 Å². The molecule has 18 heavy (non-hydrogen) atoms. The predicted molar refractivity (Wildman–Crippen MR) is 74.2 cm³/mol. The Balaban J connectivity index is 0.000000331. The van der Waals surface area contributed by atoms with Gasteiger partial charge in [0.1, 0.15) is 6.61 Å². The maximum absolute atomic E-state index is 10.1. The molecule has 1 aliphatic carbocycles. The number of allylic oxidation sites excluding steroid dienone is 3. The number of carbonyl (C=O) groups excluding carboxylic acids is 1. The lowest BCUT2D eigenvalue weighted by Crippen LogP contribution is -2.04. The van der Waals surface area contributed by atoms with Gasteiger partial charge in [-0.2, -0.15) is 0 Å². The molecule has 0 bridgehead atoms. The molecule has 0 saturated heterocycles. The van der Waals surface area contributed by atoms with Gasteiger partial charge in [-0.25, -0.2) is 4.79 Å². The highest BCUT2D eigenvalue weighted by molar-refractivity contribution is 5.81. The molecule has 3 nitrogen and oxygen atoms in total. The highest BCUT2D eigenvalue weighted by Crippen LogP contribution is 2.27. The Morgan fingerprint density at radius 2 is 2.33 bits per heavy atom. The van der Waals surface area contributed by atoms with Crippen LogP contribution in [0.2, 0.25) is 0 Å². The normalized spacial score (nSPS) is 17.9. The molecule has 0 aliphatic heterocycles. The van der Waals surface area contributed by atoms with Crippen molar-refractivity contribution in [3.63, 3.8) is 0 Å². The number of aliphatic hydroxyl groups excluding tert-OH is 1. The number of rotatable bonds is 4. The van der Waals surface area contributed by atoms with Crippen molar-refractivity contribution < 1.29 is 14.6 Å². The highest BCUT2D eigenvalue weighted by Gasteiger charge is 2.11. The van der Waals surface area contributed by atoms with Crippen LogP contribution >= 0.6 is 0 Å². The SMILES string of the molecule is C=C(C)C1CC=C(C)CC1.C=CC(=O)OCCO. The fourth-order valence-electron chi connectivity index (χ4n) is 1.62. The Morgan fingerprint density at radius 1 is 1.67 bits per heavy atom. The number of carbonyl (C=O) groups is 1. The van der Waals surface area contributed by atoms with Crippen molar-refractivity contribution >= 4 is 5.97 Å². The molecule has 0 saturated carbocycles. The van der Waals surface area contributed by atoms with Crippen LogP contribution in [-0.2, 0) is 9.53 Å². The summed E-state index contributed by atoms with van der Waals surface area (Å²) >= 11 is 0. The quantitative estimate of drug-likeness (QED) is 0.475. The zero-order chi connectivity index (χ0) is 14.0. The largest absolute Gasteiger partial charge is 0.460 e. The molecule has 0 aromatic carbocycles. The maximum Gasteiger partial charge on any atom is 0.330 e. The minimum atomic E-state index is -0.501. The lowest BCUT2D eigenvalue weighted by molar-refractivity contribution is -0.138. The molecule has 0 aromatic heterocycles. The predicted octanol–water partition coefficient (Wildman–Crippen LogP) is 3.02. The second-order valence-electron chi connectivity index (χ2n) is 4.46. The van der Waals surface area contributed by atoms with Gasteiger partial charge in [-0.1, -0.05) is 30.4 Å². The van der Waals surface area contributed by atoms with E-state index in [0.717, 1.165) is 12.0 Å². The van der Waals surface area contributed by atoms with Gasteiger partial charge >= 0.3 is 5.97 Å². The lowest BCUT2D eigenvalue weighted by Gasteiger charge is -2.19. The van der Waals surface area contributed by atoms with Crippen LogP contribution in [0.15, 0.2) is 36.5 Å². The van der Waals surface area contributed by atoms with E-state index in [-0.39, 0.29) is 13.2 Å². The zero-order valence-electron chi connectivity index (χ0n) is 11.4. The Kier molecular flexibility index (Phi) is 8.93. The van der Waals surface area contributed by atoms with E-state index in [1.54, 1.807) is 5.57 Å². The van der Waals surface area contributed by atoms with Crippen molar-refractivity contribution in [3.8, 4) is 0 Å². The summed E-state index contributed by atoms with van der Waals surface area (Å²) < 4.78 is 4.33. The molecule has 1 rings (SSSR count). The molecule has 1 atom stereocenters. The van der Waals surface area contributed by atoms with Crippen LogP contribution in [0.25, 0.3) is 0 Å². The average Bonchev–Trinajstić information content (AvgIpc) is 2.37. The van der Waals surface area contributed by atoms with Crippen LogP contribution < -0.4 is 0 Å². The Hall–Kier alpha value is -1.35. The van der Waals surface area contributed by atoms with E-state index in [2.05, 4.69) is 37.8 Å². The molecule has 0 fully saturated rings. The molecule has 102 valence electrons. The monoisotopic (exact) mass is 252 g/mol. The number of esters is 1. The number of hydrogen-bond acceptors (Lipinski definition) is 3. The van der Waals surface area contributed by atoms with Crippen LogP contribution in [0.4, 0.5) is 0 Å². The van der Waals surface area contributed by atoms with E-state index >= 15 is 0 Å². The molecule has 0 spiro atoms. The van der Waals surface area contributed by atoms with Gasteiger partial charge in [0.15, 0.2) is 0 Å². The van der Waals surface area contributed by atoms with Crippen LogP contribution in [0.5, 0.6) is 0 Å². The Labute approximate surface area is 110 Å². The fraction of sp³-hybridized carbons (Fsp3) is 0.533. The van der Waals surface area contributed by atoms with Gasteiger partial charge in [-0.3, -0.25) is 0 Å². The first-order valence-electron chi connectivity index (χ1n) is 6.22. The molecule has 0 aromatic rings. The average molecular weight is 252 g/mol. The molecule has 0 radical (unpaired) electrons. The molecule has 3 heteroatoms. The third-order valence-electron chi connectivity index (χ3n) is 2.84. The molecule has 1 unspecified atom stereocenters. The van der Waals surface area contributed by atoms with Gasteiger partial charge in [0, 0.05) is 6.08 Å². The first-order valence-corrected chi connectivity index (χ1v) is 6.22. The van der Waals surface area contributed by atoms with E-state index in [9.17, 15) is 4.79 Å². The van der Waals surface area contributed by atoms with Crippen molar-refractivity contribution in [1.82, 2.24) is 0 Å². The van der Waals surface area contributed by atoms with E-state index in [1.165, 1.54) is 24.8 Å². The van der Waals surface area contributed by atoms with Gasteiger partial charge in [0.2, 0.25) is 0 Å². The van der Waals surface area contributed by atoms with Crippen molar-refractivity contribution in [2.45, 2.75) is 33.1 Å². The smallest absolute Gasteiger partial charge is 0.330 e. The first kappa shape index (κ1) is 16.6. The standard InChI is InChI=1S/C10H16.C5H8O3/c1-8(2)10-6-4-9(3)5-7-10;1-2-5(7)8-4-3-6/h4,10H,1,5-7H2,2-3H3;2,6H,1,3-4H2. The van der Waals surface area contributed by atoms with Crippen molar-refractivity contribution in [2.75, 3.05) is 13.2 Å². The summed E-state index contributed by atoms with van der Waals surface area (Å²) in [6.45, 7) is 11.4. The van der Waals surface area contributed by atoms with Gasteiger partial charge < -0.3 is 9.84 Å². The fourth-order valence-corrected chi connectivity index (χ4v) is 1.62. The summed E-state index contributed by atoms with van der Waals surface area (Å²) in [5, 5.41) is 8.10. The van der Waals surface area contributed by atoms with Crippen molar-refractivity contribution in [3.05, 3.63) is 36.5 Å². The van der Waals surface area contributed by atoms with Crippen LogP contribution in [0.1, 0.15) is 33.1 Å². The van der Waals surface area contributed by atoms with E-state index in [1.807, 2.05) is 0 Å². The van der Waals surface area contributed by atoms with Crippen LogP contribution in [-0.4, -0.2) is 24.3 Å². The molecule has 0 amide bonds. The maximum atomic E-state index is 10.1. The van der Waals surface area contributed by atoms with E-state index in [0.29, 0.717) is 0 Å². The van der Waals surface area contributed by atoms with Gasteiger partial charge in [0.05, 0.1) is 6.61 Å². The topological polar surface area (TPSA) is 46.5 Å². The second-order valence-corrected chi connectivity index (χ2v) is 4.46. The zero-order valence-corrected chi connectivity index (χ0v) is 11.4. The lowest BCUT2D eigenvalue weighted by atomic mass is 9.86. The van der Waals surface area contributed by atoms with Crippen LogP contribution in [0.3, 0.4) is 0 Å². The third kappa shape index (κ3) is 7.85. The van der Waals surface area contributed by atoms with Gasteiger partial charge in [-0.05, 0) is 39.0 Å². The third-order valence-corrected chi connectivity index (χ3v) is 2.84. The molecule has 1 N–H and O–H groups in total. The van der Waals surface area contributed by atoms with Crippen molar-refractivity contribution in [1.29, 1.82) is 0 Å². The first-order chi connectivity index (χ1) is 8.51. The van der Waals surface area contributed by atoms with Crippen LogP contribution in [0, 0.1) is 5.92 Å². The molecular formula is C15H24O3. The van der Waals surface area contributed by atoms with Gasteiger partial charge in [0.25, 0.3) is 0 Å². The number of aliphatic hydroxyl groups is 1. The minimum absolute atomic E-state index is 0.0465. The summed E-state index contributed by atoms with van der Waals surface area (Å²) in [4.78, 5) is 10.1. The van der Waals surface area contributed by atoms with Gasteiger partial charge in [-0.15, -0.1) is 0 Å². The summed E-state index contributed by atoms with van der Waals surface area (Å²) in [6, 6.07) is 0. The Bertz CT molecular complexity index is 316. The number of ether oxygens (including phenoxy) is 1. The van der Waals surface area contributed by atoms with E-state index in [4.69, 9.17) is 5.11 Å². The Morgan fingerprint density at radius 3 is 2.72 bits per heavy atom. The summed E-state index contributed by atoms with van der Waals surface area (Å²) in [7, 11) is 0. The second kappa shape index (κ2) is 9.66. The highest BCUT2D eigenvalue weighted by atomic mass is 16.5. The summed E-state index contributed by atoms with van der Waals surface area (Å²) in [6.07, 6.45) is 7.22. The molecule has 0 heterocycles. The molecular weight excluding hydrogens is 228 g/mol. The summed E-state index contributed by atoms with van der Waals surface area (Å²) in [5.74, 6) is 0.266. The number of hydrogen-bond donors (Lipinski definition) is 1. The molecule has 1 aliphatic rings. The summed E-state index contributed by atoms with van der Waals surface area (Å²) in [5.41, 5.74) is 2.90. The van der Waals surface area contributed by atoms with Crippen molar-refractivity contribution in [2.24, 2.45) is 5.92 Å². The minimum Gasteiger partial charge on any atom is -0.460 e.